The van der Waals surface area contributed by atoms with Crippen molar-refractivity contribution in [2.24, 2.45) is 16.1 Å². The number of hydrogen-bond acceptors (Lipinski definition) is 2. The third-order valence-electron chi connectivity index (χ3n) is 4.15. The molecule has 2 unspecified atom stereocenters. The van der Waals surface area contributed by atoms with Crippen molar-refractivity contribution in [1.29, 1.82) is 0 Å². The number of aryl methyl sites for hydroxylation is 1. The molecule has 0 aliphatic heterocycles. The first-order valence-electron chi connectivity index (χ1n) is 7.61. The molecule has 1 aromatic rings. The van der Waals surface area contributed by atoms with Gasteiger partial charge in [-0.25, -0.2) is 4.99 Å². The summed E-state index contributed by atoms with van der Waals surface area (Å²) in [5.41, 5.74) is 8.23. The van der Waals surface area contributed by atoms with Gasteiger partial charge in [-0.15, -0.1) is 0 Å². The maximum atomic E-state index is 6.03. The SMILES string of the molecule is Cc1cccc(NC(N)=NC2CC(OC(C)C)C2(C)C)c1. The zero-order valence-electron chi connectivity index (χ0n) is 13.7. The Morgan fingerprint density at radius 1 is 1.43 bits per heavy atom. The predicted octanol–water partition coefficient (Wildman–Crippen LogP) is 3.31. The normalized spacial score (nSPS) is 24.8. The van der Waals surface area contributed by atoms with Gasteiger partial charge in [0.1, 0.15) is 0 Å². The summed E-state index contributed by atoms with van der Waals surface area (Å²) in [5, 5.41) is 3.16. The van der Waals surface area contributed by atoms with Gasteiger partial charge in [0.2, 0.25) is 0 Å². The molecule has 4 nitrogen and oxygen atoms in total. The van der Waals surface area contributed by atoms with Crippen molar-refractivity contribution in [3.8, 4) is 0 Å². The van der Waals surface area contributed by atoms with Gasteiger partial charge in [0.05, 0.1) is 18.2 Å². The number of hydrogen-bond donors (Lipinski definition) is 2. The molecule has 116 valence electrons. The molecule has 2 rings (SSSR count). The minimum atomic E-state index is 0.0309. The van der Waals surface area contributed by atoms with Crippen LogP contribution in [0.25, 0.3) is 0 Å². The van der Waals surface area contributed by atoms with Gasteiger partial charge in [0.15, 0.2) is 5.96 Å². The first kappa shape index (κ1) is 15.8. The highest BCUT2D eigenvalue weighted by Gasteiger charge is 2.49. The van der Waals surface area contributed by atoms with Crippen LogP contribution in [0.3, 0.4) is 0 Å². The molecule has 2 atom stereocenters. The van der Waals surface area contributed by atoms with Crippen LogP contribution in [0.15, 0.2) is 29.3 Å². The summed E-state index contributed by atoms with van der Waals surface area (Å²) in [5.74, 6) is 0.474. The quantitative estimate of drug-likeness (QED) is 0.660. The molecular weight excluding hydrogens is 262 g/mol. The molecule has 0 amide bonds. The first-order chi connectivity index (χ1) is 9.79. The third-order valence-corrected chi connectivity index (χ3v) is 4.15. The van der Waals surface area contributed by atoms with E-state index in [1.807, 2.05) is 12.1 Å². The van der Waals surface area contributed by atoms with E-state index in [9.17, 15) is 0 Å². The summed E-state index contributed by atoms with van der Waals surface area (Å²) in [6.07, 6.45) is 1.45. The van der Waals surface area contributed by atoms with E-state index in [-0.39, 0.29) is 23.7 Å². The molecule has 0 heterocycles. The van der Waals surface area contributed by atoms with Crippen LogP contribution in [0.2, 0.25) is 0 Å². The Labute approximate surface area is 127 Å². The highest BCUT2D eigenvalue weighted by Crippen LogP contribution is 2.45. The Kier molecular flexibility index (Phi) is 4.57. The second kappa shape index (κ2) is 6.06. The van der Waals surface area contributed by atoms with E-state index >= 15 is 0 Å². The number of ether oxygens (including phenoxy) is 1. The molecule has 0 saturated heterocycles. The number of benzene rings is 1. The molecule has 0 aromatic heterocycles. The predicted molar refractivity (Wildman–Crippen MR) is 88.6 cm³/mol. The second-order valence-corrected chi connectivity index (χ2v) is 6.76. The van der Waals surface area contributed by atoms with Crippen LogP contribution < -0.4 is 11.1 Å². The third kappa shape index (κ3) is 3.76. The highest BCUT2D eigenvalue weighted by molar-refractivity contribution is 5.92. The summed E-state index contributed by atoms with van der Waals surface area (Å²) in [7, 11) is 0. The van der Waals surface area contributed by atoms with Crippen LogP contribution in [0.5, 0.6) is 0 Å². The van der Waals surface area contributed by atoms with Crippen molar-refractivity contribution in [3.05, 3.63) is 29.8 Å². The molecule has 1 saturated carbocycles. The second-order valence-electron chi connectivity index (χ2n) is 6.76. The summed E-state index contributed by atoms with van der Waals surface area (Å²) in [6.45, 7) is 10.6. The van der Waals surface area contributed by atoms with Crippen molar-refractivity contribution in [2.45, 2.75) is 59.3 Å². The number of aliphatic imine (C=N–C) groups is 1. The maximum Gasteiger partial charge on any atom is 0.193 e. The smallest absolute Gasteiger partial charge is 0.193 e. The van der Waals surface area contributed by atoms with E-state index in [0.29, 0.717) is 5.96 Å². The Balaban J connectivity index is 1.97. The fourth-order valence-corrected chi connectivity index (χ4v) is 2.71. The van der Waals surface area contributed by atoms with Gasteiger partial charge in [-0.2, -0.15) is 0 Å². The van der Waals surface area contributed by atoms with Crippen LogP contribution in [-0.4, -0.2) is 24.2 Å². The molecule has 0 radical (unpaired) electrons. The van der Waals surface area contributed by atoms with Crippen molar-refractivity contribution in [3.63, 3.8) is 0 Å². The van der Waals surface area contributed by atoms with Crippen molar-refractivity contribution in [2.75, 3.05) is 5.32 Å². The van der Waals surface area contributed by atoms with Crippen LogP contribution >= 0.6 is 0 Å². The van der Waals surface area contributed by atoms with Crippen LogP contribution in [0.4, 0.5) is 5.69 Å². The fourth-order valence-electron chi connectivity index (χ4n) is 2.71. The molecule has 1 aliphatic rings. The molecule has 1 aliphatic carbocycles. The number of nitrogens with two attached hydrogens (primary N) is 1. The van der Waals surface area contributed by atoms with E-state index < -0.39 is 0 Å². The fraction of sp³-hybridized carbons (Fsp3) is 0.588. The van der Waals surface area contributed by atoms with E-state index in [2.05, 4.69) is 57.1 Å². The minimum absolute atomic E-state index is 0.0309. The summed E-state index contributed by atoms with van der Waals surface area (Å²) in [4.78, 5) is 4.62. The molecule has 21 heavy (non-hydrogen) atoms. The van der Waals surface area contributed by atoms with Gasteiger partial charge in [0, 0.05) is 11.1 Å². The molecule has 0 spiro atoms. The summed E-state index contributed by atoms with van der Waals surface area (Å²) in [6, 6.07) is 8.32. The lowest BCUT2D eigenvalue weighted by Crippen LogP contribution is -2.55. The molecule has 0 bridgehead atoms. The van der Waals surface area contributed by atoms with Crippen molar-refractivity contribution >= 4 is 11.6 Å². The Bertz CT molecular complexity index is 523. The Morgan fingerprint density at radius 3 is 2.71 bits per heavy atom. The van der Waals surface area contributed by atoms with E-state index in [4.69, 9.17) is 10.5 Å². The monoisotopic (exact) mass is 289 g/mol. The average Bonchev–Trinajstić information content (AvgIpc) is 2.37. The van der Waals surface area contributed by atoms with Crippen LogP contribution in [0.1, 0.15) is 39.7 Å². The Hall–Kier alpha value is -1.55. The number of rotatable bonds is 4. The highest BCUT2D eigenvalue weighted by atomic mass is 16.5. The number of guanidine groups is 1. The molecule has 1 aromatic carbocycles. The molecular formula is C17H27N3O. The molecule has 4 heteroatoms. The van der Waals surface area contributed by atoms with E-state index in [0.717, 1.165) is 12.1 Å². The lowest BCUT2D eigenvalue weighted by Gasteiger charge is -2.50. The zero-order valence-corrected chi connectivity index (χ0v) is 13.7. The van der Waals surface area contributed by atoms with Gasteiger partial charge >= 0.3 is 0 Å². The lowest BCUT2D eigenvalue weighted by molar-refractivity contribution is -0.129. The van der Waals surface area contributed by atoms with Gasteiger partial charge in [-0.1, -0.05) is 26.0 Å². The minimum Gasteiger partial charge on any atom is -0.375 e. The topological polar surface area (TPSA) is 59.6 Å². The first-order valence-corrected chi connectivity index (χ1v) is 7.61. The van der Waals surface area contributed by atoms with Gasteiger partial charge in [0.25, 0.3) is 0 Å². The standard InChI is InChI=1S/C17H27N3O/c1-11(2)21-15-10-14(17(15,4)5)20-16(18)19-13-8-6-7-12(3)9-13/h6-9,11,14-15H,10H2,1-5H3,(H3,18,19,20). The molecule has 3 N–H and O–H groups in total. The van der Waals surface area contributed by atoms with Crippen LogP contribution in [-0.2, 0) is 4.74 Å². The van der Waals surface area contributed by atoms with Crippen molar-refractivity contribution in [1.82, 2.24) is 0 Å². The van der Waals surface area contributed by atoms with Crippen LogP contribution in [0, 0.1) is 12.3 Å². The van der Waals surface area contributed by atoms with E-state index in [1.54, 1.807) is 0 Å². The number of nitrogens with one attached hydrogen (secondary N) is 1. The molecule has 1 fully saturated rings. The van der Waals surface area contributed by atoms with Gasteiger partial charge in [-0.05, 0) is 44.9 Å². The average molecular weight is 289 g/mol. The van der Waals surface area contributed by atoms with E-state index in [1.165, 1.54) is 5.56 Å². The number of nitrogens with zero attached hydrogens (tertiary/aromatic N) is 1. The summed E-state index contributed by atoms with van der Waals surface area (Å²) < 4.78 is 5.92. The maximum absolute atomic E-state index is 6.03. The Morgan fingerprint density at radius 2 is 2.14 bits per heavy atom. The van der Waals surface area contributed by atoms with Gasteiger partial charge < -0.3 is 15.8 Å². The summed E-state index contributed by atoms with van der Waals surface area (Å²) >= 11 is 0. The number of anilines is 1. The lowest BCUT2D eigenvalue weighted by atomic mass is 9.64. The van der Waals surface area contributed by atoms with Gasteiger partial charge in [-0.3, -0.25) is 0 Å². The largest absolute Gasteiger partial charge is 0.375 e. The van der Waals surface area contributed by atoms with Crippen molar-refractivity contribution < 1.29 is 4.74 Å². The zero-order chi connectivity index (χ0) is 15.6.